The Labute approximate surface area is 165 Å². The maximum Gasteiger partial charge on any atom is 0.261 e. The first kappa shape index (κ1) is 18.1. The number of aromatic amines is 1. The molecule has 0 aliphatic heterocycles. The summed E-state index contributed by atoms with van der Waals surface area (Å²) in [6.07, 6.45) is 1.65. The van der Waals surface area contributed by atoms with Crippen LogP contribution >= 0.6 is 11.3 Å². The number of carbonyl (C=O) groups is 1. The van der Waals surface area contributed by atoms with Crippen LogP contribution in [0.4, 0.5) is 0 Å². The van der Waals surface area contributed by atoms with Gasteiger partial charge in [0.05, 0.1) is 27.6 Å². The largest absolute Gasteiger partial charge is 0.332 e. The molecule has 0 bridgehead atoms. The van der Waals surface area contributed by atoms with E-state index >= 15 is 0 Å². The molecule has 1 amide bonds. The number of pyridine rings is 2. The third-order valence-electron chi connectivity index (χ3n) is 4.65. The van der Waals surface area contributed by atoms with E-state index in [-0.39, 0.29) is 17.5 Å². The molecule has 0 aliphatic rings. The lowest BCUT2D eigenvalue weighted by Crippen LogP contribution is -2.33. The maximum atomic E-state index is 12.9. The van der Waals surface area contributed by atoms with E-state index in [9.17, 15) is 9.59 Å². The second kappa shape index (κ2) is 7.36. The van der Waals surface area contributed by atoms with Gasteiger partial charge >= 0.3 is 0 Å². The summed E-state index contributed by atoms with van der Waals surface area (Å²) in [6, 6.07) is 16.3. The van der Waals surface area contributed by atoms with Gasteiger partial charge in [0.2, 0.25) is 0 Å². The highest BCUT2D eigenvalue weighted by atomic mass is 32.1. The van der Waals surface area contributed by atoms with Gasteiger partial charge in [0, 0.05) is 13.2 Å². The molecule has 28 heavy (non-hydrogen) atoms. The Kier molecular flexibility index (Phi) is 4.75. The van der Waals surface area contributed by atoms with Crippen LogP contribution in [0.3, 0.4) is 0 Å². The van der Waals surface area contributed by atoms with E-state index in [0.717, 1.165) is 15.2 Å². The SMILES string of the molecule is C[C@H](c1nc2ccccc2s1)N(C)C(=O)c1ccc(-c2ccccn2)[nH]c1=O. The average molecular weight is 390 g/mol. The molecular weight excluding hydrogens is 372 g/mol. The predicted molar refractivity (Wildman–Crippen MR) is 110 cm³/mol. The van der Waals surface area contributed by atoms with Crippen molar-refractivity contribution >= 4 is 27.5 Å². The van der Waals surface area contributed by atoms with Crippen molar-refractivity contribution in [3.63, 3.8) is 0 Å². The molecule has 0 saturated heterocycles. The van der Waals surface area contributed by atoms with E-state index < -0.39 is 5.56 Å². The van der Waals surface area contributed by atoms with Crippen LogP contribution in [0.1, 0.15) is 28.3 Å². The highest BCUT2D eigenvalue weighted by Crippen LogP contribution is 2.29. The molecule has 140 valence electrons. The van der Waals surface area contributed by atoms with Crippen LogP contribution in [-0.2, 0) is 0 Å². The van der Waals surface area contributed by atoms with Crippen molar-refractivity contribution in [3.05, 3.63) is 81.7 Å². The predicted octanol–water partition coefficient (Wildman–Crippen LogP) is 3.88. The highest BCUT2D eigenvalue weighted by Gasteiger charge is 2.23. The number of rotatable bonds is 4. The minimum Gasteiger partial charge on any atom is -0.332 e. The van der Waals surface area contributed by atoms with Gasteiger partial charge in [-0.1, -0.05) is 18.2 Å². The number of H-pyrrole nitrogens is 1. The Bertz CT molecular complexity index is 1170. The number of nitrogens with zero attached hydrogens (tertiary/aromatic N) is 3. The summed E-state index contributed by atoms with van der Waals surface area (Å²) >= 11 is 1.55. The molecule has 4 rings (SSSR count). The summed E-state index contributed by atoms with van der Waals surface area (Å²) in [5, 5.41) is 0.832. The lowest BCUT2D eigenvalue weighted by atomic mass is 10.1. The second-order valence-corrected chi connectivity index (χ2v) is 7.50. The first-order valence-electron chi connectivity index (χ1n) is 8.82. The van der Waals surface area contributed by atoms with Gasteiger partial charge in [0.25, 0.3) is 11.5 Å². The Hall–Kier alpha value is -3.32. The monoisotopic (exact) mass is 390 g/mol. The number of thiazole rings is 1. The number of hydrogen-bond donors (Lipinski definition) is 1. The van der Waals surface area contributed by atoms with Crippen molar-refractivity contribution in [1.29, 1.82) is 0 Å². The van der Waals surface area contributed by atoms with Crippen LogP contribution in [0, 0.1) is 0 Å². The van der Waals surface area contributed by atoms with Crippen molar-refractivity contribution < 1.29 is 4.79 Å². The molecule has 1 atom stereocenters. The third kappa shape index (κ3) is 3.32. The van der Waals surface area contributed by atoms with Gasteiger partial charge in [-0.3, -0.25) is 14.6 Å². The number of nitrogens with one attached hydrogen (secondary N) is 1. The van der Waals surface area contributed by atoms with Crippen molar-refractivity contribution in [1.82, 2.24) is 19.9 Å². The summed E-state index contributed by atoms with van der Waals surface area (Å²) in [6.45, 7) is 1.91. The molecule has 0 unspecified atom stereocenters. The molecule has 3 aromatic heterocycles. The van der Waals surface area contributed by atoms with E-state index in [4.69, 9.17) is 0 Å². The van der Waals surface area contributed by atoms with Gasteiger partial charge in [-0.25, -0.2) is 4.98 Å². The van der Waals surface area contributed by atoms with Crippen LogP contribution in [-0.4, -0.2) is 32.8 Å². The molecule has 0 aliphatic carbocycles. The van der Waals surface area contributed by atoms with E-state index in [0.29, 0.717) is 11.4 Å². The van der Waals surface area contributed by atoms with Crippen LogP contribution < -0.4 is 5.56 Å². The normalized spacial score (nSPS) is 12.1. The topological polar surface area (TPSA) is 79.0 Å². The summed E-state index contributed by atoms with van der Waals surface area (Å²) in [4.78, 5) is 38.6. The molecule has 6 nitrogen and oxygen atoms in total. The average Bonchev–Trinajstić information content (AvgIpc) is 3.17. The van der Waals surface area contributed by atoms with Crippen molar-refractivity contribution in [3.8, 4) is 11.4 Å². The summed E-state index contributed by atoms with van der Waals surface area (Å²) in [7, 11) is 1.69. The van der Waals surface area contributed by atoms with Crippen molar-refractivity contribution in [2.45, 2.75) is 13.0 Å². The Morgan fingerprint density at radius 3 is 2.61 bits per heavy atom. The van der Waals surface area contributed by atoms with Gasteiger partial charge in [-0.2, -0.15) is 0 Å². The second-order valence-electron chi connectivity index (χ2n) is 6.44. The van der Waals surface area contributed by atoms with Crippen LogP contribution in [0.15, 0.2) is 65.6 Å². The number of hydrogen-bond acceptors (Lipinski definition) is 5. The molecule has 1 N–H and O–H groups in total. The summed E-state index contributed by atoms with van der Waals surface area (Å²) in [5.41, 5.74) is 1.79. The fourth-order valence-electron chi connectivity index (χ4n) is 2.91. The highest BCUT2D eigenvalue weighted by molar-refractivity contribution is 7.18. The zero-order chi connectivity index (χ0) is 19.7. The van der Waals surface area contributed by atoms with Gasteiger partial charge in [-0.05, 0) is 43.3 Å². The quantitative estimate of drug-likeness (QED) is 0.574. The van der Waals surface area contributed by atoms with E-state index in [2.05, 4.69) is 15.0 Å². The van der Waals surface area contributed by atoms with Crippen molar-refractivity contribution in [2.24, 2.45) is 0 Å². The Morgan fingerprint density at radius 2 is 1.89 bits per heavy atom. The van der Waals surface area contributed by atoms with Gasteiger partial charge in [0.1, 0.15) is 10.6 Å². The number of para-hydroxylation sites is 1. The fraction of sp³-hybridized carbons (Fsp3) is 0.143. The van der Waals surface area contributed by atoms with Crippen molar-refractivity contribution in [2.75, 3.05) is 7.05 Å². The van der Waals surface area contributed by atoms with Gasteiger partial charge in [0.15, 0.2) is 0 Å². The molecule has 0 spiro atoms. The smallest absolute Gasteiger partial charge is 0.261 e. The first-order chi connectivity index (χ1) is 13.5. The zero-order valence-corrected chi connectivity index (χ0v) is 16.2. The molecular formula is C21H18N4O2S. The fourth-order valence-corrected chi connectivity index (χ4v) is 3.98. The minimum absolute atomic E-state index is 0.0927. The van der Waals surface area contributed by atoms with Gasteiger partial charge in [-0.15, -0.1) is 11.3 Å². The van der Waals surface area contributed by atoms with E-state index in [1.807, 2.05) is 37.3 Å². The number of amides is 1. The van der Waals surface area contributed by atoms with E-state index in [1.54, 1.807) is 53.7 Å². The lowest BCUT2D eigenvalue weighted by Gasteiger charge is -2.23. The van der Waals surface area contributed by atoms with Crippen LogP contribution in [0.2, 0.25) is 0 Å². The third-order valence-corrected chi connectivity index (χ3v) is 5.86. The number of aromatic nitrogens is 3. The number of fused-ring (bicyclic) bond motifs is 1. The van der Waals surface area contributed by atoms with Crippen LogP contribution in [0.25, 0.3) is 21.6 Å². The molecule has 4 aromatic rings. The standard InChI is InChI=1S/C21H18N4O2S/c1-13(20-24-17-8-3-4-9-18(17)28-20)25(2)21(27)14-10-11-16(23-19(14)26)15-7-5-6-12-22-15/h3-13H,1-2H3,(H,23,26)/t13-/m1/s1. The molecule has 3 heterocycles. The molecule has 1 aromatic carbocycles. The Balaban J connectivity index is 1.60. The summed E-state index contributed by atoms with van der Waals surface area (Å²) in [5.74, 6) is -0.347. The number of benzene rings is 1. The van der Waals surface area contributed by atoms with Crippen LogP contribution in [0.5, 0.6) is 0 Å². The van der Waals surface area contributed by atoms with Gasteiger partial charge < -0.3 is 9.88 Å². The van der Waals surface area contributed by atoms with E-state index in [1.165, 1.54) is 0 Å². The summed E-state index contributed by atoms with van der Waals surface area (Å²) < 4.78 is 1.07. The zero-order valence-electron chi connectivity index (χ0n) is 15.4. The molecule has 7 heteroatoms. The molecule has 0 fully saturated rings. The molecule has 0 radical (unpaired) electrons. The molecule has 0 saturated carbocycles. The Morgan fingerprint density at radius 1 is 1.11 bits per heavy atom. The number of carbonyl (C=O) groups excluding carboxylic acids is 1. The first-order valence-corrected chi connectivity index (χ1v) is 9.63. The maximum absolute atomic E-state index is 12.9. The lowest BCUT2D eigenvalue weighted by molar-refractivity contribution is 0.0741. The minimum atomic E-state index is -0.434.